The highest BCUT2D eigenvalue weighted by molar-refractivity contribution is 6.12. The van der Waals surface area contributed by atoms with Gasteiger partial charge in [-0.2, -0.15) is 0 Å². The summed E-state index contributed by atoms with van der Waals surface area (Å²) in [7, 11) is 0. The molecule has 0 unspecified atom stereocenters. The molecule has 0 aliphatic rings. The summed E-state index contributed by atoms with van der Waals surface area (Å²) in [6, 6.07) is 10.9. The number of carbonyl (C=O) groups excluding carboxylic acids is 1. The Bertz CT molecular complexity index is 792. The standard InChI is InChI=1S/C29H42O5/c1-5-9-17-31-23-13-15-25(27(21-23)33-19-11-7-3)29(30)26-16-14-24(32-18-10-6-2)22-28(26)34-20-12-8-4/h13-16,21-22H,5-12,17-20H2,1-4H3. The van der Waals surface area contributed by atoms with Crippen molar-refractivity contribution in [2.24, 2.45) is 0 Å². The Kier molecular flexibility index (Phi) is 13.0. The summed E-state index contributed by atoms with van der Waals surface area (Å²) in [5, 5.41) is 0. The largest absolute Gasteiger partial charge is 0.493 e. The molecule has 0 atom stereocenters. The van der Waals surface area contributed by atoms with E-state index in [2.05, 4.69) is 27.7 Å². The zero-order valence-corrected chi connectivity index (χ0v) is 21.5. The summed E-state index contributed by atoms with van der Waals surface area (Å²) < 4.78 is 23.8. The maximum absolute atomic E-state index is 13.7. The fraction of sp³-hybridized carbons (Fsp3) is 0.552. The minimum atomic E-state index is -0.127. The molecule has 0 saturated heterocycles. The number of carbonyl (C=O) groups is 1. The van der Waals surface area contributed by atoms with Crippen LogP contribution in [-0.2, 0) is 0 Å². The summed E-state index contributed by atoms with van der Waals surface area (Å²) in [6.07, 6.45) is 7.98. The summed E-state index contributed by atoms with van der Waals surface area (Å²) in [5.41, 5.74) is 1.03. The molecule has 0 spiro atoms. The second kappa shape index (κ2) is 16.0. The van der Waals surface area contributed by atoms with Crippen molar-refractivity contribution >= 4 is 5.78 Å². The Hall–Kier alpha value is -2.69. The van der Waals surface area contributed by atoms with E-state index in [1.54, 1.807) is 12.1 Å². The lowest BCUT2D eigenvalue weighted by Gasteiger charge is -2.16. The Morgan fingerprint density at radius 3 is 1.26 bits per heavy atom. The van der Waals surface area contributed by atoms with Crippen LogP contribution in [0.2, 0.25) is 0 Å². The highest BCUT2D eigenvalue weighted by Crippen LogP contribution is 2.32. The van der Waals surface area contributed by atoms with Crippen LogP contribution in [0.5, 0.6) is 23.0 Å². The summed E-state index contributed by atoms with van der Waals surface area (Å²) in [4.78, 5) is 13.7. The van der Waals surface area contributed by atoms with Crippen molar-refractivity contribution in [1.82, 2.24) is 0 Å². The third-order valence-corrected chi connectivity index (χ3v) is 5.44. The van der Waals surface area contributed by atoms with Gasteiger partial charge in [0.15, 0.2) is 5.78 Å². The molecule has 0 aliphatic heterocycles. The lowest BCUT2D eigenvalue weighted by Crippen LogP contribution is -2.10. The van der Waals surface area contributed by atoms with Gasteiger partial charge in [-0.3, -0.25) is 4.79 Å². The fourth-order valence-corrected chi connectivity index (χ4v) is 3.27. The lowest BCUT2D eigenvalue weighted by molar-refractivity contribution is 0.103. The van der Waals surface area contributed by atoms with Crippen molar-refractivity contribution < 1.29 is 23.7 Å². The van der Waals surface area contributed by atoms with Gasteiger partial charge < -0.3 is 18.9 Å². The summed E-state index contributed by atoms with van der Waals surface area (Å²) >= 11 is 0. The molecule has 2 aromatic carbocycles. The van der Waals surface area contributed by atoms with Crippen LogP contribution in [0.15, 0.2) is 36.4 Å². The summed E-state index contributed by atoms with van der Waals surface area (Å²) in [5.74, 6) is 2.41. The molecule has 0 bridgehead atoms. The zero-order chi connectivity index (χ0) is 24.6. The maximum Gasteiger partial charge on any atom is 0.200 e. The van der Waals surface area contributed by atoms with Gasteiger partial charge in [0.05, 0.1) is 37.6 Å². The first-order valence-electron chi connectivity index (χ1n) is 13.0. The van der Waals surface area contributed by atoms with E-state index in [1.165, 1.54) is 0 Å². The van der Waals surface area contributed by atoms with Gasteiger partial charge in [-0.15, -0.1) is 0 Å². The smallest absolute Gasteiger partial charge is 0.200 e. The molecule has 0 aromatic heterocycles. The molecule has 5 heteroatoms. The van der Waals surface area contributed by atoms with Crippen molar-refractivity contribution in [3.05, 3.63) is 47.5 Å². The van der Waals surface area contributed by atoms with Crippen LogP contribution >= 0.6 is 0 Å². The SMILES string of the molecule is CCCCOc1ccc(C(=O)c2ccc(OCCCC)cc2OCCCC)c(OCCCC)c1. The Balaban J connectivity index is 2.33. The highest BCUT2D eigenvalue weighted by atomic mass is 16.5. The van der Waals surface area contributed by atoms with Crippen LogP contribution in [0, 0.1) is 0 Å². The van der Waals surface area contributed by atoms with Crippen molar-refractivity contribution in [2.45, 2.75) is 79.1 Å². The molecule has 0 amide bonds. The Morgan fingerprint density at radius 2 is 0.912 bits per heavy atom. The maximum atomic E-state index is 13.7. The molecule has 5 nitrogen and oxygen atoms in total. The van der Waals surface area contributed by atoms with Crippen molar-refractivity contribution in [1.29, 1.82) is 0 Å². The third kappa shape index (κ3) is 8.92. The Labute approximate surface area is 205 Å². The molecule has 34 heavy (non-hydrogen) atoms. The summed E-state index contributed by atoms with van der Waals surface area (Å²) in [6.45, 7) is 10.9. The highest BCUT2D eigenvalue weighted by Gasteiger charge is 2.21. The van der Waals surface area contributed by atoms with E-state index in [9.17, 15) is 4.79 Å². The first kappa shape index (κ1) is 27.6. The molecule has 0 heterocycles. The molecular formula is C29H42O5. The van der Waals surface area contributed by atoms with Gasteiger partial charge in [0, 0.05) is 12.1 Å². The molecule has 188 valence electrons. The number of unbranched alkanes of at least 4 members (excludes halogenated alkanes) is 4. The molecule has 0 aliphatic carbocycles. The quantitative estimate of drug-likeness (QED) is 0.166. The third-order valence-electron chi connectivity index (χ3n) is 5.44. The van der Waals surface area contributed by atoms with Crippen LogP contribution in [0.1, 0.15) is 95.0 Å². The minimum absolute atomic E-state index is 0.127. The number of hydrogen-bond acceptors (Lipinski definition) is 5. The van der Waals surface area contributed by atoms with Gasteiger partial charge in [-0.25, -0.2) is 0 Å². The van der Waals surface area contributed by atoms with E-state index in [1.807, 2.05) is 24.3 Å². The normalized spacial score (nSPS) is 10.7. The second-order valence-corrected chi connectivity index (χ2v) is 8.45. The van der Waals surface area contributed by atoms with Gasteiger partial charge in [-0.1, -0.05) is 53.4 Å². The first-order valence-corrected chi connectivity index (χ1v) is 13.0. The van der Waals surface area contributed by atoms with Crippen molar-refractivity contribution in [3.8, 4) is 23.0 Å². The number of ketones is 1. The van der Waals surface area contributed by atoms with Gasteiger partial charge in [0.2, 0.25) is 0 Å². The predicted molar refractivity (Wildman–Crippen MR) is 138 cm³/mol. The Morgan fingerprint density at radius 1 is 0.559 bits per heavy atom. The molecule has 0 fully saturated rings. The monoisotopic (exact) mass is 470 g/mol. The minimum Gasteiger partial charge on any atom is -0.493 e. The van der Waals surface area contributed by atoms with Gasteiger partial charge in [-0.05, 0) is 49.9 Å². The molecule has 2 aromatic rings. The molecular weight excluding hydrogens is 428 g/mol. The predicted octanol–water partition coefficient (Wildman–Crippen LogP) is 7.63. The van der Waals surface area contributed by atoms with E-state index in [0.29, 0.717) is 49.1 Å². The molecule has 2 rings (SSSR count). The van der Waals surface area contributed by atoms with E-state index in [0.717, 1.165) is 62.9 Å². The average Bonchev–Trinajstić information content (AvgIpc) is 2.85. The average molecular weight is 471 g/mol. The molecule has 0 N–H and O–H groups in total. The first-order chi connectivity index (χ1) is 16.6. The van der Waals surface area contributed by atoms with Crippen LogP contribution in [-0.4, -0.2) is 32.2 Å². The fourth-order valence-electron chi connectivity index (χ4n) is 3.27. The topological polar surface area (TPSA) is 54.0 Å². The van der Waals surface area contributed by atoms with E-state index < -0.39 is 0 Å². The van der Waals surface area contributed by atoms with Crippen LogP contribution in [0.3, 0.4) is 0 Å². The van der Waals surface area contributed by atoms with Crippen LogP contribution in [0.4, 0.5) is 0 Å². The van der Waals surface area contributed by atoms with Crippen LogP contribution in [0.25, 0.3) is 0 Å². The lowest BCUT2D eigenvalue weighted by atomic mass is 10.0. The van der Waals surface area contributed by atoms with Gasteiger partial charge >= 0.3 is 0 Å². The van der Waals surface area contributed by atoms with Crippen LogP contribution < -0.4 is 18.9 Å². The number of hydrogen-bond donors (Lipinski definition) is 0. The molecule has 0 saturated carbocycles. The number of rotatable bonds is 18. The second-order valence-electron chi connectivity index (χ2n) is 8.45. The van der Waals surface area contributed by atoms with E-state index >= 15 is 0 Å². The zero-order valence-electron chi connectivity index (χ0n) is 21.5. The number of benzene rings is 2. The molecule has 0 radical (unpaired) electrons. The van der Waals surface area contributed by atoms with E-state index in [-0.39, 0.29) is 5.78 Å². The van der Waals surface area contributed by atoms with E-state index in [4.69, 9.17) is 18.9 Å². The van der Waals surface area contributed by atoms with Crippen molar-refractivity contribution in [2.75, 3.05) is 26.4 Å². The van der Waals surface area contributed by atoms with Gasteiger partial charge in [0.1, 0.15) is 23.0 Å². The van der Waals surface area contributed by atoms with Gasteiger partial charge in [0.25, 0.3) is 0 Å². The number of ether oxygens (including phenoxy) is 4. The van der Waals surface area contributed by atoms with Crippen molar-refractivity contribution in [3.63, 3.8) is 0 Å².